The SMILES string of the molecule is O=C(c1ccc2ncccc2c1)N1CC[C@H](c2ncon2)C1. The van der Waals surface area contributed by atoms with Crippen LogP contribution in [0.1, 0.15) is 28.5 Å². The average molecular weight is 294 g/mol. The topological polar surface area (TPSA) is 72.1 Å². The second kappa shape index (κ2) is 5.22. The van der Waals surface area contributed by atoms with Crippen LogP contribution < -0.4 is 0 Å². The molecule has 0 radical (unpaired) electrons. The summed E-state index contributed by atoms with van der Waals surface area (Å²) in [5, 5.41) is 4.85. The standard InChI is InChI=1S/C16H14N4O2/c21-16(12-3-4-14-11(8-12)2-1-6-17-14)20-7-5-13(9-20)15-18-10-22-19-15/h1-4,6,8,10,13H,5,7,9H2/t13-/m0/s1. The van der Waals surface area contributed by atoms with Gasteiger partial charge in [-0.3, -0.25) is 9.78 Å². The molecule has 1 atom stereocenters. The molecule has 3 aromatic rings. The van der Waals surface area contributed by atoms with E-state index in [1.165, 1.54) is 6.39 Å². The van der Waals surface area contributed by atoms with E-state index in [-0.39, 0.29) is 11.8 Å². The molecule has 6 nitrogen and oxygen atoms in total. The van der Waals surface area contributed by atoms with Crippen LogP contribution in [0.2, 0.25) is 0 Å². The molecule has 1 saturated heterocycles. The lowest BCUT2D eigenvalue weighted by atomic mass is 10.1. The summed E-state index contributed by atoms with van der Waals surface area (Å²) in [5.74, 6) is 0.875. The summed E-state index contributed by atoms with van der Waals surface area (Å²) in [6.07, 6.45) is 3.94. The van der Waals surface area contributed by atoms with Gasteiger partial charge in [0.25, 0.3) is 5.91 Å². The zero-order chi connectivity index (χ0) is 14.9. The van der Waals surface area contributed by atoms with Gasteiger partial charge in [0.05, 0.1) is 5.52 Å². The van der Waals surface area contributed by atoms with Gasteiger partial charge in [-0.2, -0.15) is 4.98 Å². The van der Waals surface area contributed by atoms with Gasteiger partial charge in [-0.25, -0.2) is 0 Å². The van der Waals surface area contributed by atoms with Crippen LogP contribution in [0.4, 0.5) is 0 Å². The summed E-state index contributed by atoms with van der Waals surface area (Å²) in [6, 6.07) is 9.45. The van der Waals surface area contributed by atoms with Crippen LogP contribution in [0, 0.1) is 0 Å². The fourth-order valence-corrected chi connectivity index (χ4v) is 2.91. The third-order valence-corrected chi connectivity index (χ3v) is 4.07. The minimum absolute atomic E-state index is 0.0387. The van der Waals surface area contributed by atoms with Crippen LogP contribution in [0.25, 0.3) is 10.9 Å². The molecule has 0 saturated carbocycles. The van der Waals surface area contributed by atoms with Gasteiger partial charge >= 0.3 is 0 Å². The Morgan fingerprint density at radius 2 is 2.23 bits per heavy atom. The summed E-state index contributed by atoms with van der Waals surface area (Å²) >= 11 is 0. The highest BCUT2D eigenvalue weighted by molar-refractivity contribution is 5.98. The molecule has 4 rings (SSSR count). The Hall–Kier alpha value is -2.76. The number of aromatic nitrogens is 3. The van der Waals surface area contributed by atoms with E-state index < -0.39 is 0 Å². The predicted octanol–water partition coefficient (Wildman–Crippen LogP) is 2.25. The molecule has 1 amide bonds. The van der Waals surface area contributed by atoms with Crippen LogP contribution in [0.15, 0.2) is 47.4 Å². The molecule has 3 heterocycles. The zero-order valence-electron chi connectivity index (χ0n) is 11.8. The number of fused-ring (bicyclic) bond motifs is 1. The van der Waals surface area contributed by atoms with E-state index in [0.29, 0.717) is 24.5 Å². The maximum atomic E-state index is 12.6. The Morgan fingerprint density at radius 3 is 3.09 bits per heavy atom. The van der Waals surface area contributed by atoms with E-state index in [9.17, 15) is 4.79 Å². The fourth-order valence-electron chi connectivity index (χ4n) is 2.91. The van der Waals surface area contributed by atoms with Crippen molar-refractivity contribution >= 4 is 16.8 Å². The summed E-state index contributed by atoms with van der Waals surface area (Å²) in [5.41, 5.74) is 1.58. The maximum Gasteiger partial charge on any atom is 0.253 e. The number of hydrogen-bond donors (Lipinski definition) is 0. The number of rotatable bonds is 2. The van der Waals surface area contributed by atoms with Crippen molar-refractivity contribution in [1.29, 1.82) is 0 Å². The molecule has 0 bridgehead atoms. The van der Waals surface area contributed by atoms with Gasteiger partial charge in [-0.15, -0.1) is 0 Å². The molecule has 22 heavy (non-hydrogen) atoms. The number of amides is 1. The summed E-state index contributed by atoms with van der Waals surface area (Å²) in [6.45, 7) is 1.34. The molecule has 1 aliphatic heterocycles. The Morgan fingerprint density at radius 1 is 1.27 bits per heavy atom. The highest BCUT2D eigenvalue weighted by Gasteiger charge is 2.30. The third-order valence-electron chi connectivity index (χ3n) is 4.07. The van der Waals surface area contributed by atoms with Gasteiger partial charge in [-0.05, 0) is 30.7 Å². The Labute approximate surface area is 126 Å². The highest BCUT2D eigenvalue weighted by Crippen LogP contribution is 2.26. The molecule has 0 unspecified atom stereocenters. The lowest BCUT2D eigenvalue weighted by molar-refractivity contribution is 0.0790. The van der Waals surface area contributed by atoms with Gasteiger partial charge in [-0.1, -0.05) is 11.2 Å². The quantitative estimate of drug-likeness (QED) is 0.725. The van der Waals surface area contributed by atoms with Crippen LogP contribution in [-0.2, 0) is 0 Å². The first-order chi connectivity index (χ1) is 10.8. The van der Waals surface area contributed by atoms with E-state index in [1.807, 2.05) is 35.2 Å². The van der Waals surface area contributed by atoms with E-state index in [4.69, 9.17) is 4.52 Å². The Balaban J connectivity index is 1.56. The third kappa shape index (κ3) is 2.22. The van der Waals surface area contributed by atoms with Crippen molar-refractivity contribution in [2.45, 2.75) is 12.3 Å². The summed E-state index contributed by atoms with van der Waals surface area (Å²) in [4.78, 5) is 22.8. The van der Waals surface area contributed by atoms with E-state index >= 15 is 0 Å². The van der Waals surface area contributed by atoms with Crippen LogP contribution in [0.3, 0.4) is 0 Å². The lowest BCUT2D eigenvalue weighted by Crippen LogP contribution is -2.28. The van der Waals surface area contributed by atoms with E-state index in [1.54, 1.807) is 6.20 Å². The number of carbonyl (C=O) groups excluding carboxylic acids is 1. The Kier molecular flexibility index (Phi) is 3.07. The van der Waals surface area contributed by atoms with Crippen molar-refractivity contribution in [2.24, 2.45) is 0 Å². The minimum Gasteiger partial charge on any atom is -0.343 e. The molecule has 110 valence electrons. The molecular formula is C16H14N4O2. The fraction of sp³-hybridized carbons (Fsp3) is 0.250. The van der Waals surface area contributed by atoms with Gasteiger partial charge in [0.2, 0.25) is 6.39 Å². The lowest BCUT2D eigenvalue weighted by Gasteiger charge is -2.16. The van der Waals surface area contributed by atoms with Crippen LogP contribution >= 0.6 is 0 Å². The average Bonchev–Trinajstić information content (AvgIpc) is 3.24. The molecule has 1 aromatic carbocycles. The van der Waals surface area contributed by atoms with E-state index in [0.717, 1.165) is 17.3 Å². The molecule has 0 spiro atoms. The largest absolute Gasteiger partial charge is 0.343 e. The maximum absolute atomic E-state index is 12.6. The monoisotopic (exact) mass is 294 g/mol. The zero-order valence-corrected chi connectivity index (χ0v) is 11.8. The van der Waals surface area contributed by atoms with Crippen molar-refractivity contribution in [3.63, 3.8) is 0 Å². The minimum atomic E-state index is 0.0387. The van der Waals surface area contributed by atoms with Crippen molar-refractivity contribution in [3.8, 4) is 0 Å². The van der Waals surface area contributed by atoms with Crippen LogP contribution in [0.5, 0.6) is 0 Å². The Bertz CT molecular complexity index is 816. The van der Waals surface area contributed by atoms with Crippen molar-refractivity contribution in [3.05, 3.63) is 54.3 Å². The normalized spacial score (nSPS) is 18.0. The molecular weight excluding hydrogens is 280 g/mol. The van der Waals surface area contributed by atoms with Crippen LogP contribution in [-0.4, -0.2) is 39.0 Å². The number of nitrogens with zero attached hydrogens (tertiary/aromatic N) is 4. The second-order valence-electron chi connectivity index (χ2n) is 5.44. The summed E-state index contributed by atoms with van der Waals surface area (Å²) < 4.78 is 4.78. The first kappa shape index (κ1) is 12.9. The second-order valence-corrected chi connectivity index (χ2v) is 5.44. The predicted molar refractivity (Wildman–Crippen MR) is 79.3 cm³/mol. The number of benzene rings is 1. The molecule has 1 fully saturated rings. The van der Waals surface area contributed by atoms with E-state index in [2.05, 4.69) is 15.1 Å². The van der Waals surface area contributed by atoms with Crippen molar-refractivity contribution < 1.29 is 9.32 Å². The number of likely N-dealkylation sites (tertiary alicyclic amines) is 1. The van der Waals surface area contributed by atoms with Gasteiger partial charge in [0.1, 0.15) is 0 Å². The molecule has 1 aliphatic rings. The van der Waals surface area contributed by atoms with Crippen molar-refractivity contribution in [1.82, 2.24) is 20.0 Å². The summed E-state index contributed by atoms with van der Waals surface area (Å²) in [7, 11) is 0. The number of hydrogen-bond acceptors (Lipinski definition) is 5. The number of pyridine rings is 1. The molecule has 2 aromatic heterocycles. The molecule has 0 aliphatic carbocycles. The first-order valence-electron chi connectivity index (χ1n) is 7.21. The van der Waals surface area contributed by atoms with Gasteiger partial charge < -0.3 is 9.42 Å². The van der Waals surface area contributed by atoms with Crippen molar-refractivity contribution in [2.75, 3.05) is 13.1 Å². The molecule has 0 N–H and O–H groups in total. The first-order valence-corrected chi connectivity index (χ1v) is 7.21. The molecule has 6 heteroatoms. The number of carbonyl (C=O) groups is 1. The van der Waals surface area contributed by atoms with Gasteiger partial charge in [0.15, 0.2) is 5.82 Å². The smallest absolute Gasteiger partial charge is 0.253 e. The van der Waals surface area contributed by atoms with Gasteiger partial charge in [0, 0.05) is 36.2 Å². The highest BCUT2D eigenvalue weighted by atomic mass is 16.5.